The van der Waals surface area contributed by atoms with E-state index >= 15 is 0 Å². The number of amides is 2. The van der Waals surface area contributed by atoms with E-state index in [4.69, 9.17) is 9.47 Å². The van der Waals surface area contributed by atoms with Crippen molar-refractivity contribution in [3.63, 3.8) is 0 Å². The number of alkyl halides is 2. The van der Waals surface area contributed by atoms with E-state index in [0.29, 0.717) is 5.56 Å². The van der Waals surface area contributed by atoms with Crippen LogP contribution in [-0.4, -0.2) is 30.2 Å². The number of rotatable bonds is 8. The number of nitrogens with one attached hydrogen (secondary N) is 2. The molecule has 1 aliphatic carbocycles. The molecule has 0 bridgehead atoms. The van der Waals surface area contributed by atoms with Crippen LogP contribution in [0.1, 0.15) is 24.8 Å². The second kappa shape index (κ2) is 9.29. The molecule has 0 atom stereocenters. The Morgan fingerprint density at radius 2 is 2.11 bits per heavy atom. The van der Waals surface area contributed by atoms with Crippen molar-refractivity contribution >= 4 is 11.7 Å². The molecule has 1 saturated carbocycles. The Morgan fingerprint density at radius 1 is 1.29 bits per heavy atom. The van der Waals surface area contributed by atoms with Crippen LogP contribution in [0.5, 0.6) is 11.6 Å². The number of hydrogen-bond acceptors (Lipinski definition) is 4. The number of nitrogens with zero attached hydrogens (tertiary/aromatic N) is 1. The number of carbonyl (C=O) groups is 1. The molecule has 1 aromatic carbocycles. The Bertz CT molecular complexity index is 816. The van der Waals surface area contributed by atoms with Gasteiger partial charge in [-0.15, -0.1) is 0 Å². The lowest BCUT2D eigenvalue weighted by Gasteiger charge is -2.26. The van der Waals surface area contributed by atoms with Crippen LogP contribution in [0.2, 0.25) is 0 Å². The minimum absolute atomic E-state index is 0.00357. The monoisotopic (exact) mass is 395 g/mol. The van der Waals surface area contributed by atoms with Crippen LogP contribution in [0, 0.1) is 5.82 Å². The first-order valence-electron chi connectivity index (χ1n) is 8.87. The topological polar surface area (TPSA) is 72.5 Å². The van der Waals surface area contributed by atoms with Crippen molar-refractivity contribution in [1.29, 1.82) is 0 Å². The molecule has 0 radical (unpaired) electrons. The summed E-state index contributed by atoms with van der Waals surface area (Å²) in [5.41, 5.74) is 0.699. The molecule has 0 aliphatic heterocycles. The van der Waals surface area contributed by atoms with Gasteiger partial charge in [0, 0.05) is 30.1 Å². The normalized spacial score (nSPS) is 13.7. The lowest BCUT2D eigenvalue weighted by molar-refractivity contribution is 0.0790. The Kier molecular flexibility index (Phi) is 6.57. The molecular weight excluding hydrogens is 375 g/mol. The first-order valence-corrected chi connectivity index (χ1v) is 8.87. The van der Waals surface area contributed by atoms with E-state index in [1.807, 2.05) is 0 Å². The zero-order valence-corrected chi connectivity index (χ0v) is 15.0. The van der Waals surface area contributed by atoms with Gasteiger partial charge in [-0.05, 0) is 37.5 Å². The number of ether oxygens (including phenoxy) is 2. The number of urea groups is 1. The number of carbonyl (C=O) groups excluding carboxylic acids is 1. The molecule has 2 N–H and O–H groups in total. The summed E-state index contributed by atoms with van der Waals surface area (Å²) in [6, 6.07) is 6.80. The van der Waals surface area contributed by atoms with E-state index in [1.165, 1.54) is 24.4 Å². The fourth-order valence-electron chi connectivity index (χ4n) is 2.52. The highest BCUT2D eigenvalue weighted by Crippen LogP contribution is 2.28. The summed E-state index contributed by atoms with van der Waals surface area (Å²) in [5.74, 6) is -0.377. The molecule has 1 aliphatic rings. The first-order chi connectivity index (χ1) is 13.5. The molecule has 0 saturated heterocycles. The van der Waals surface area contributed by atoms with Gasteiger partial charge in [-0.25, -0.2) is 22.9 Å². The molecule has 6 nitrogen and oxygen atoms in total. The highest BCUT2D eigenvalue weighted by molar-refractivity contribution is 5.89. The van der Waals surface area contributed by atoms with Gasteiger partial charge in [0.15, 0.2) is 18.2 Å². The van der Waals surface area contributed by atoms with Crippen molar-refractivity contribution in [2.45, 2.75) is 38.3 Å². The van der Waals surface area contributed by atoms with Gasteiger partial charge in [-0.2, -0.15) is 0 Å². The predicted octanol–water partition coefficient (Wildman–Crippen LogP) is 4.12. The minimum Gasteiger partial charge on any atom is -0.487 e. The van der Waals surface area contributed by atoms with Crippen LogP contribution in [0.3, 0.4) is 0 Å². The molecule has 3 rings (SSSR count). The molecule has 9 heteroatoms. The van der Waals surface area contributed by atoms with Crippen LogP contribution < -0.4 is 20.1 Å². The summed E-state index contributed by atoms with van der Waals surface area (Å²) in [6.45, 7) is -0.783. The zero-order chi connectivity index (χ0) is 19.9. The van der Waals surface area contributed by atoms with Crippen molar-refractivity contribution in [2.75, 3.05) is 11.9 Å². The number of anilines is 1. The van der Waals surface area contributed by atoms with E-state index in [0.717, 1.165) is 19.3 Å². The van der Waals surface area contributed by atoms with Crippen LogP contribution in [-0.2, 0) is 6.54 Å². The zero-order valence-electron chi connectivity index (χ0n) is 15.0. The summed E-state index contributed by atoms with van der Waals surface area (Å²) >= 11 is 0. The van der Waals surface area contributed by atoms with Gasteiger partial charge in [0.2, 0.25) is 5.88 Å². The van der Waals surface area contributed by atoms with E-state index in [9.17, 15) is 18.0 Å². The van der Waals surface area contributed by atoms with E-state index in [1.54, 1.807) is 12.1 Å². The predicted molar refractivity (Wildman–Crippen MR) is 96.3 cm³/mol. The third-order valence-corrected chi connectivity index (χ3v) is 4.17. The number of halogens is 3. The van der Waals surface area contributed by atoms with Crippen molar-refractivity contribution in [3.05, 3.63) is 47.9 Å². The Labute approximate surface area is 160 Å². The van der Waals surface area contributed by atoms with Crippen LogP contribution in [0.4, 0.5) is 23.7 Å². The maximum absolute atomic E-state index is 14.1. The van der Waals surface area contributed by atoms with Crippen LogP contribution in [0.25, 0.3) is 0 Å². The molecule has 150 valence electrons. The van der Waals surface area contributed by atoms with Crippen molar-refractivity contribution < 1.29 is 27.4 Å². The standard InChI is InChI=1S/C19H20F3N3O3/c20-15-9-13(6-7-16(15)28-14-4-1-5-14)25-19(26)24-10-12-3-2-8-23-18(12)27-11-17(21)22/h2-3,6-9,14,17H,1,4-5,10-11H2,(H2,24,25,26). The van der Waals surface area contributed by atoms with Gasteiger partial charge < -0.3 is 20.1 Å². The number of aromatic nitrogens is 1. The fourth-order valence-corrected chi connectivity index (χ4v) is 2.52. The molecule has 1 aromatic heterocycles. The third-order valence-electron chi connectivity index (χ3n) is 4.17. The number of pyridine rings is 1. The maximum atomic E-state index is 14.1. The average molecular weight is 395 g/mol. The van der Waals surface area contributed by atoms with Gasteiger partial charge in [0.05, 0.1) is 6.10 Å². The highest BCUT2D eigenvalue weighted by Gasteiger charge is 2.20. The quantitative estimate of drug-likeness (QED) is 0.705. The second-order valence-corrected chi connectivity index (χ2v) is 6.29. The molecule has 28 heavy (non-hydrogen) atoms. The molecular formula is C19H20F3N3O3. The SMILES string of the molecule is O=C(NCc1cccnc1OCC(F)F)Nc1ccc(OC2CCC2)c(F)c1. The first kappa shape index (κ1) is 19.8. The van der Waals surface area contributed by atoms with Gasteiger partial charge in [0.25, 0.3) is 6.43 Å². The van der Waals surface area contributed by atoms with E-state index in [2.05, 4.69) is 15.6 Å². The Morgan fingerprint density at radius 3 is 2.79 bits per heavy atom. The van der Waals surface area contributed by atoms with Crippen LogP contribution >= 0.6 is 0 Å². The lowest BCUT2D eigenvalue weighted by atomic mass is 9.96. The number of benzene rings is 1. The smallest absolute Gasteiger partial charge is 0.319 e. The lowest BCUT2D eigenvalue weighted by Crippen LogP contribution is -2.28. The summed E-state index contributed by atoms with van der Waals surface area (Å²) < 4.78 is 49.1. The second-order valence-electron chi connectivity index (χ2n) is 6.29. The van der Waals surface area contributed by atoms with Gasteiger partial charge in [-0.1, -0.05) is 6.07 Å². The van der Waals surface area contributed by atoms with E-state index < -0.39 is 24.9 Å². The molecule has 2 amide bonds. The summed E-state index contributed by atoms with van der Waals surface area (Å²) in [6.07, 6.45) is 1.74. The molecule has 1 heterocycles. The Balaban J connectivity index is 1.52. The van der Waals surface area contributed by atoms with Crippen molar-refractivity contribution in [1.82, 2.24) is 10.3 Å². The van der Waals surface area contributed by atoms with Gasteiger partial charge >= 0.3 is 6.03 Å². The van der Waals surface area contributed by atoms with Gasteiger partial charge in [-0.3, -0.25) is 0 Å². The van der Waals surface area contributed by atoms with Crippen molar-refractivity contribution in [2.24, 2.45) is 0 Å². The third kappa shape index (κ3) is 5.51. The van der Waals surface area contributed by atoms with E-state index in [-0.39, 0.29) is 30.0 Å². The fraction of sp³-hybridized carbons (Fsp3) is 0.368. The molecule has 0 spiro atoms. The van der Waals surface area contributed by atoms with Gasteiger partial charge in [0.1, 0.15) is 0 Å². The molecule has 0 unspecified atom stereocenters. The Hall–Kier alpha value is -2.97. The number of hydrogen-bond donors (Lipinski definition) is 2. The minimum atomic E-state index is -2.63. The van der Waals surface area contributed by atoms with Crippen molar-refractivity contribution in [3.8, 4) is 11.6 Å². The summed E-state index contributed by atoms with van der Waals surface area (Å²) in [7, 11) is 0. The molecule has 2 aromatic rings. The highest BCUT2D eigenvalue weighted by atomic mass is 19.3. The van der Waals surface area contributed by atoms with Crippen LogP contribution in [0.15, 0.2) is 36.5 Å². The molecule has 1 fully saturated rings. The summed E-state index contributed by atoms with van der Waals surface area (Å²) in [5, 5.41) is 5.05. The maximum Gasteiger partial charge on any atom is 0.319 e. The largest absolute Gasteiger partial charge is 0.487 e. The average Bonchev–Trinajstić information content (AvgIpc) is 2.63. The summed E-state index contributed by atoms with van der Waals surface area (Å²) in [4.78, 5) is 15.9.